The van der Waals surface area contributed by atoms with Gasteiger partial charge in [0.05, 0.1) is 29.5 Å². The Kier molecular flexibility index (Phi) is 6.80. The fourth-order valence-corrected chi connectivity index (χ4v) is 4.12. The van der Waals surface area contributed by atoms with Gasteiger partial charge in [-0.2, -0.15) is 12.7 Å². The summed E-state index contributed by atoms with van der Waals surface area (Å²) in [4.78, 5) is 16.1. The monoisotopic (exact) mass is 459 g/mol. The van der Waals surface area contributed by atoms with Crippen molar-refractivity contribution in [2.75, 3.05) is 49.1 Å². The number of nitrogens with one attached hydrogen (secondary N) is 1. The number of thiocarbonyl (C=S) groups is 1. The van der Waals surface area contributed by atoms with Crippen LogP contribution in [0.5, 0.6) is 0 Å². The number of nitrogens with zero attached hydrogens (tertiary/aromatic N) is 3. The number of cyclic esters (lactones) is 1. The summed E-state index contributed by atoms with van der Waals surface area (Å²) in [6.07, 6.45) is -0.922. The molecule has 30 heavy (non-hydrogen) atoms. The third-order valence-electron chi connectivity index (χ3n) is 5.08. The minimum Gasteiger partial charge on any atom is -0.442 e. The first-order valence-electron chi connectivity index (χ1n) is 9.64. The summed E-state index contributed by atoms with van der Waals surface area (Å²) in [6, 6.07) is 4.53. The molecule has 0 unspecified atom stereocenters. The van der Waals surface area contributed by atoms with Crippen molar-refractivity contribution in [3.63, 3.8) is 0 Å². The Bertz CT molecular complexity index is 919. The van der Waals surface area contributed by atoms with E-state index in [4.69, 9.17) is 22.1 Å². The van der Waals surface area contributed by atoms with Crippen LogP contribution in [0.3, 0.4) is 0 Å². The molecule has 0 saturated carbocycles. The van der Waals surface area contributed by atoms with Crippen LogP contribution in [-0.2, 0) is 14.9 Å². The maximum Gasteiger partial charge on any atom is 0.414 e. The summed E-state index contributed by atoms with van der Waals surface area (Å²) >= 11 is 5.22. The second-order valence-corrected chi connectivity index (χ2v) is 9.57. The van der Waals surface area contributed by atoms with E-state index in [1.54, 1.807) is 17.0 Å². The topological polar surface area (TPSA) is 108 Å². The van der Waals surface area contributed by atoms with Gasteiger partial charge in [-0.05, 0) is 18.2 Å². The molecule has 3 rings (SSSR count). The van der Waals surface area contributed by atoms with Crippen molar-refractivity contribution in [2.24, 2.45) is 11.1 Å². The number of rotatable bonds is 6. The van der Waals surface area contributed by atoms with Gasteiger partial charge in [0, 0.05) is 32.1 Å². The van der Waals surface area contributed by atoms with E-state index in [0.717, 1.165) is 4.31 Å². The van der Waals surface area contributed by atoms with Crippen molar-refractivity contribution in [1.29, 1.82) is 0 Å². The molecule has 0 bridgehead atoms. The molecule has 3 N–H and O–H groups in total. The van der Waals surface area contributed by atoms with Crippen LogP contribution in [0.25, 0.3) is 0 Å². The summed E-state index contributed by atoms with van der Waals surface area (Å²) in [5.41, 5.74) is 0.749. The predicted octanol–water partition coefficient (Wildman–Crippen LogP) is 1.05. The van der Waals surface area contributed by atoms with Crippen LogP contribution in [0, 0.1) is 11.7 Å². The van der Waals surface area contributed by atoms with Crippen LogP contribution >= 0.6 is 12.2 Å². The number of halogens is 1. The van der Waals surface area contributed by atoms with E-state index in [9.17, 15) is 17.6 Å². The standard InChI is InChI=1S/C18H26FN5O4S2/c1-12(2)17(29)21-10-14-11-24(18(25)28-14)13-3-4-16(15(19)9-13)22-5-7-23(8-6-22)30(20,26)27/h3-4,9,12,14H,5-8,10-11H2,1-2H3,(H,21,29)(H2,20,26,27)/t14-/m0/s1. The predicted molar refractivity (Wildman–Crippen MR) is 116 cm³/mol. The van der Waals surface area contributed by atoms with Gasteiger partial charge in [0.1, 0.15) is 11.9 Å². The van der Waals surface area contributed by atoms with Gasteiger partial charge in [0.15, 0.2) is 0 Å². The third-order valence-corrected chi connectivity index (χ3v) is 6.79. The van der Waals surface area contributed by atoms with Gasteiger partial charge in [0.2, 0.25) is 0 Å². The molecule has 2 aliphatic rings. The molecule has 0 radical (unpaired) electrons. The molecular weight excluding hydrogens is 433 g/mol. The van der Waals surface area contributed by atoms with Crippen molar-refractivity contribution >= 4 is 44.9 Å². The van der Waals surface area contributed by atoms with Gasteiger partial charge in [-0.3, -0.25) is 4.90 Å². The van der Waals surface area contributed by atoms with Gasteiger partial charge in [-0.15, -0.1) is 0 Å². The third kappa shape index (κ3) is 5.17. The lowest BCUT2D eigenvalue weighted by Gasteiger charge is -2.34. The van der Waals surface area contributed by atoms with Crippen LogP contribution in [-0.4, -0.2) is 69.2 Å². The fraction of sp³-hybridized carbons (Fsp3) is 0.556. The number of hydrogen-bond acceptors (Lipinski definition) is 6. The molecule has 1 amide bonds. The van der Waals surface area contributed by atoms with Gasteiger partial charge in [-0.25, -0.2) is 14.3 Å². The number of carbonyl (C=O) groups is 1. The van der Waals surface area contributed by atoms with E-state index >= 15 is 0 Å². The molecule has 12 heteroatoms. The zero-order valence-electron chi connectivity index (χ0n) is 16.9. The van der Waals surface area contributed by atoms with E-state index in [0.29, 0.717) is 42.5 Å². The zero-order valence-corrected chi connectivity index (χ0v) is 18.5. The van der Waals surface area contributed by atoms with Crippen LogP contribution in [0.2, 0.25) is 0 Å². The zero-order chi connectivity index (χ0) is 22.1. The lowest BCUT2D eigenvalue weighted by Crippen LogP contribution is -2.50. The van der Waals surface area contributed by atoms with E-state index in [1.165, 1.54) is 11.0 Å². The van der Waals surface area contributed by atoms with Gasteiger partial charge < -0.3 is 15.0 Å². The number of anilines is 2. The molecule has 0 aromatic heterocycles. The Hall–Kier alpha value is -2.02. The second-order valence-electron chi connectivity index (χ2n) is 7.58. The first kappa shape index (κ1) is 22.7. The summed E-state index contributed by atoms with van der Waals surface area (Å²) < 4.78 is 44.1. The lowest BCUT2D eigenvalue weighted by molar-refractivity contribution is 0.143. The summed E-state index contributed by atoms with van der Waals surface area (Å²) in [5, 5.41) is 8.22. The molecule has 0 aliphatic carbocycles. The highest BCUT2D eigenvalue weighted by Crippen LogP contribution is 2.28. The van der Waals surface area contributed by atoms with Crippen molar-refractivity contribution in [3.8, 4) is 0 Å². The quantitative estimate of drug-likeness (QED) is 0.612. The van der Waals surface area contributed by atoms with Gasteiger partial charge in [-0.1, -0.05) is 26.1 Å². The van der Waals surface area contributed by atoms with Crippen molar-refractivity contribution in [1.82, 2.24) is 9.62 Å². The Labute approximate surface area is 181 Å². The molecule has 0 spiro atoms. The Morgan fingerprint density at radius 2 is 2.00 bits per heavy atom. The number of ether oxygens (including phenoxy) is 1. The number of amides is 1. The highest BCUT2D eigenvalue weighted by Gasteiger charge is 2.33. The highest BCUT2D eigenvalue weighted by atomic mass is 32.2. The molecule has 2 heterocycles. The molecule has 2 aliphatic heterocycles. The van der Waals surface area contributed by atoms with Crippen molar-refractivity contribution < 1.29 is 22.3 Å². The minimum atomic E-state index is -3.74. The number of benzene rings is 1. The van der Waals surface area contributed by atoms with Gasteiger partial charge >= 0.3 is 6.09 Å². The summed E-state index contributed by atoms with van der Waals surface area (Å²) in [7, 11) is -3.74. The average Bonchev–Trinajstić information content (AvgIpc) is 3.06. The van der Waals surface area contributed by atoms with Crippen LogP contribution < -0.4 is 20.3 Å². The minimum absolute atomic E-state index is 0.186. The second kappa shape index (κ2) is 9.00. The Morgan fingerprint density at radius 3 is 2.57 bits per heavy atom. The van der Waals surface area contributed by atoms with E-state index in [-0.39, 0.29) is 25.1 Å². The molecule has 2 saturated heterocycles. The fourth-order valence-electron chi connectivity index (χ4n) is 3.36. The van der Waals surface area contributed by atoms with E-state index in [1.807, 2.05) is 13.8 Å². The molecule has 2 fully saturated rings. The van der Waals surface area contributed by atoms with Crippen LogP contribution in [0.1, 0.15) is 13.8 Å². The molecule has 1 aromatic rings. The average molecular weight is 460 g/mol. The first-order chi connectivity index (χ1) is 14.1. The number of piperazine rings is 1. The Morgan fingerprint density at radius 1 is 1.33 bits per heavy atom. The van der Waals surface area contributed by atoms with Gasteiger partial charge in [0.25, 0.3) is 10.2 Å². The number of carbonyl (C=O) groups excluding carboxylic acids is 1. The maximum atomic E-state index is 14.8. The largest absolute Gasteiger partial charge is 0.442 e. The van der Waals surface area contributed by atoms with Crippen molar-refractivity contribution in [3.05, 3.63) is 24.0 Å². The summed E-state index contributed by atoms with van der Waals surface area (Å²) in [5.74, 6) is -0.298. The molecular formula is C18H26FN5O4S2. The number of nitrogens with two attached hydrogens (primary N) is 1. The van der Waals surface area contributed by atoms with Crippen molar-refractivity contribution in [2.45, 2.75) is 20.0 Å². The first-order valence-corrected chi connectivity index (χ1v) is 11.6. The summed E-state index contributed by atoms with van der Waals surface area (Å²) in [6.45, 7) is 5.65. The lowest BCUT2D eigenvalue weighted by atomic mass is 10.2. The highest BCUT2D eigenvalue weighted by molar-refractivity contribution is 7.86. The van der Waals surface area contributed by atoms with E-state index in [2.05, 4.69) is 5.32 Å². The van der Waals surface area contributed by atoms with Crippen LogP contribution in [0.15, 0.2) is 18.2 Å². The Balaban J connectivity index is 1.63. The van der Waals surface area contributed by atoms with E-state index < -0.39 is 22.1 Å². The smallest absolute Gasteiger partial charge is 0.414 e. The normalized spacial score (nSPS) is 20.6. The van der Waals surface area contributed by atoms with Crippen LogP contribution in [0.4, 0.5) is 20.6 Å². The molecule has 9 nitrogen and oxygen atoms in total. The number of hydrogen-bond donors (Lipinski definition) is 2. The maximum absolute atomic E-state index is 14.8. The molecule has 166 valence electrons. The molecule has 1 aromatic carbocycles. The SMILES string of the molecule is CC(C)C(=S)NC[C@H]1CN(c2ccc(N3CCN(S(N)(=O)=O)CC3)c(F)c2)C(=O)O1. The molecule has 1 atom stereocenters.